The van der Waals surface area contributed by atoms with Crippen molar-refractivity contribution in [1.82, 2.24) is 0 Å². The van der Waals surface area contributed by atoms with Gasteiger partial charge in [0.25, 0.3) is 0 Å². The molecule has 0 saturated heterocycles. The van der Waals surface area contributed by atoms with E-state index in [1.807, 2.05) is 0 Å². The van der Waals surface area contributed by atoms with Gasteiger partial charge in [0, 0.05) is 126 Å². The molecule has 0 saturated carbocycles. The second-order valence-electron chi connectivity index (χ2n) is 8.68. The molecule has 0 radical (unpaired) electrons. The van der Waals surface area contributed by atoms with Gasteiger partial charge >= 0.3 is 128 Å². The Kier molecular flexibility index (Phi) is 229. The molecule has 0 fully saturated rings. The minimum Gasteiger partial charge on any atom is -0.545 e. The molecule has 18 nitrogen and oxygen atoms in total. The van der Waals surface area contributed by atoms with Crippen molar-refractivity contribution in [2.45, 2.75) is 96.9 Å². The van der Waals surface area contributed by atoms with Crippen LogP contribution >= 0.6 is 63.7 Å². The fraction of sp³-hybridized carbons (Fsp3) is 0.389. The summed E-state index contributed by atoms with van der Waals surface area (Å²) in [7, 11) is -36.0. The van der Waals surface area contributed by atoms with E-state index in [9.17, 15) is 123 Å². The van der Waals surface area contributed by atoms with Crippen LogP contribution in [0.4, 0.5) is 104 Å². The van der Waals surface area contributed by atoms with E-state index >= 15 is 0 Å². The minimum atomic E-state index is -6.00. The van der Waals surface area contributed by atoms with E-state index in [2.05, 4.69) is 63.7 Å². The van der Waals surface area contributed by atoms with Gasteiger partial charge < -0.3 is 123 Å². The predicted molar refractivity (Wildman–Crippen MR) is 285 cm³/mol. The van der Waals surface area contributed by atoms with Gasteiger partial charge in [-0.3, -0.25) is 0 Å². The van der Waals surface area contributed by atoms with E-state index < -0.39 is 55.5 Å². The Morgan fingerprint density at radius 2 is 0.272 bits per heavy atom. The third kappa shape index (κ3) is 842. The number of nitrogens with zero attached hydrogens (tertiary/aromatic N) is 14. The van der Waals surface area contributed by atoms with Crippen molar-refractivity contribution in [3.05, 3.63) is 29.0 Å². The van der Waals surface area contributed by atoms with Gasteiger partial charge in [0.05, 0.1) is 96.9 Å². The van der Waals surface area contributed by atoms with Gasteiger partial charge in [-0.1, -0.05) is 0 Å². The fourth-order valence-corrected chi connectivity index (χ4v) is 3.76. The fourth-order valence-electron chi connectivity index (χ4n) is 0.990. The molecular formula is C36H42B6Br4F24Mo4N14O4. The molecule has 0 unspecified atom stereocenters. The van der Waals surface area contributed by atoms with Crippen molar-refractivity contribution in [2.24, 2.45) is 0 Å². The van der Waals surface area contributed by atoms with Gasteiger partial charge in [-0.25, -0.2) is 0 Å². The number of rotatable bonds is 2. The summed E-state index contributed by atoms with van der Waals surface area (Å²) in [4.78, 5) is 21.7. The molecule has 92 heavy (non-hydrogen) atoms. The Bertz CT molecular complexity index is 1910. The number of aromatic carboxylic acids is 2. The summed E-state index contributed by atoms with van der Waals surface area (Å²) in [6.07, 6.45) is 0. The number of hydrogen-bond donors (Lipinski definition) is 0. The monoisotopic (exact) mass is 1960 g/mol. The quantitative estimate of drug-likeness (QED) is 0.151. The maximum absolute atomic E-state index is 10.9. The van der Waals surface area contributed by atoms with Crippen molar-refractivity contribution in [3.63, 3.8) is 0 Å². The van der Waals surface area contributed by atoms with E-state index in [1.165, 1.54) is 96.9 Å². The van der Waals surface area contributed by atoms with Crippen LogP contribution in [0.3, 0.4) is 0 Å². The van der Waals surface area contributed by atoms with E-state index in [1.54, 1.807) is 85.0 Å². The van der Waals surface area contributed by atoms with Gasteiger partial charge in [-0.05, 0) is 63.7 Å². The van der Waals surface area contributed by atoms with Gasteiger partial charge in [-0.2, -0.15) is 73.7 Å². The molecule has 1 aromatic rings. The van der Waals surface area contributed by atoms with Crippen LogP contribution in [-0.4, -0.2) is 55.5 Å². The number of carboxylic acid groups (broad SMARTS) is 2. The van der Waals surface area contributed by atoms with Crippen molar-refractivity contribution in [3.8, 4) is 85.0 Å². The van der Waals surface area contributed by atoms with Gasteiger partial charge in [-0.15, -0.1) is 0 Å². The first-order valence-electron chi connectivity index (χ1n) is 18.9. The third-order valence-corrected chi connectivity index (χ3v) is 5.91. The molecule has 0 atom stereocenters. The van der Waals surface area contributed by atoms with Crippen LogP contribution in [0.5, 0.6) is 0 Å². The second-order valence-corrected chi connectivity index (χ2v) is 11.9. The largest absolute Gasteiger partial charge is 2.00 e. The number of carbonyl (C=O) groups is 2. The summed E-state index contributed by atoms with van der Waals surface area (Å²) in [6.45, 7) is 20.0. The first-order chi connectivity index (χ1) is 39.1. The van der Waals surface area contributed by atoms with Crippen molar-refractivity contribution < 1.29 is 208 Å². The topological polar surface area (TPSA) is 413 Å². The second kappa shape index (κ2) is 130. The molecule has 1 rings (SSSR count). The maximum atomic E-state index is 10.9. The number of halogens is 28. The summed E-state index contributed by atoms with van der Waals surface area (Å²) in [6, 6.07) is 24.5. The Morgan fingerprint density at radius 1 is 0.239 bits per heavy atom. The van der Waals surface area contributed by atoms with Crippen molar-refractivity contribution >= 4 is 119 Å². The number of nitriles is 14. The first kappa shape index (κ1) is 162. The molecule has 0 spiro atoms. The SMILES string of the molecule is CC#N.CC#N.CC#N.CC#N.CC#N.CC#N.CC#N.CC#N.CC#N.CC#N.CC#N.CC#N.CC#N.CC#N.F[B-](F)(F)F.F[B-](F)(F)F.F[B-](F)(F)F.F[B-](F)(F)F.F[B-](F)(F)F.F[B-](F)(F)F.O=C([O-])c1c(Br)c(Br)c(C(=O)[O-])c(Br)c1Br.[Mo+2].[Mo+2].[Mo+2].[Mo+2]. The summed E-state index contributed by atoms with van der Waals surface area (Å²) >= 11 is 11.9. The Balaban J connectivity index is -0.0000000248. The third-order valence-electron chi connectivity index (χ3n) is 1.67. The van der Waals surface area contributed by atoms with E-state index in [-0.39, 0.29) is 113 Å². The minimum absolute atomic E-state index is 0. The van der Waals surface area contributed by atoms with Crippen LogP contribution in [0.25, 0.3) is 0 Å². The normalized spacial score (nSPS) is 6.91. The summed E-state index contributed by atoms with van der Waals surface area (Å²) < 4.78 is 234. The molecule has 0 N–H and O–H groups in total. The predicted octanol–water partition coefficient (Wildman–Crippen LogP) is 16.7. The van der Waals surface area contributed by atoms with Gasteiger partial charge in [0.2, 0.25) is 0 Å². The standard InChI is InChI=1S/C8H2Br4O4.14C2H3N.6BF4.4Mo/c9-3-1(7(13)14)4(10)6(12)2(5(3)11)8(15)16;14*1-2-3;6*2-1(3,4)5;;;;/h(H,13,14)(H,15,16);14*1H3;;;;;;;;;;/q;;;;;;;;;;;;;;;6*-1;4*+2/p-2. The molecule has 0 aromatic heterocycles. The molecule has 0 aliphatic rings. The van der Waals surface area contributed by atoms with Crippen LogP contribution in [0.15, 0.2) is 17.9 Å². The van der Waals surface area contributed by atoms with Crippen LogP contribution in [-0.2, 0) is 84.3 Å². The molecule has 0 aliphatic carbocycles. The maximum Gasteiger partial charge on any atom is 2.00 e. The average molecular weight is 1960 g/mol. The zero-order chi connectivity index (χ0) is 77.5. The molecule has 518 valence electrons. The van der Waals surface area contributed by atoms with Gasteiger partial charge in [0.15, 0.2) is 0 Å². The molecule has 0 heterocycles. The molecule has 0 amide bonds. The number of benzene rings is 1. The summed E-state index contributed by atoms with van der Waals surface area (Å²) in [5.74, 6) is -2.88. The first-order valence-corrected chi connectivity index (χ1v) is 22.1. The van der Waals surface area contributed by atoms with Crippen LogP contribution in [0.1, 0.15) is 118 Å². The van der Waals surface area contributed by atoms with Gasteiger partial charge in [0.1, 0.15) is 0 Å². The molecule has 56 heteroatoms. The molecular weight excluding hydrogens is 1920 g/mol. The summed E-state index contributed by atoms with van der Waals surface area (Å²) in [5, 5.41) is 124. The van der Waals surface area contributed by atoms with Crippen LogP contribution in [0, 0.1) is 159 Å². The van der Waals surface area contributed by atoms with E-state index in [4.69, 9.17) is 73.7 Å². The smallest absolute Gasteiger partial charge is 0.545 e. The Hall–Kier alpha value is -5.60. The van der Waals surface area contributed by atoms with E-state index in [0.717, 1.165) is 0 Å². The van der Waals surface area contributed by atoms with Crippen molar-refractivity contribution in [1.29, 1.82) is 73.7 Å². The number of carbonyl (C=O) groups excluding carboxylic acids is 2. The molecule has 0 aliphatic heterocycles. The Labute approximate surface area is 606 Å². The van der Waals surface area contributed by atoms with Crippen LogP contribution < -0.4 is 10.2 Å². The summed E-state index contributed by atoms with van der Waals surface area (Å²) in [5.41, 5.74) is -0.382. The van der Waals surface area contributed by atoms with E-state index in [0.29, 0.717) is 0 Å². The zero-order valence-corrected chi connectivity index (χ0v) is 62.9. The average Bonchev–Trinajstić information content (AvgIpc) is 3.24. The Morgan fingerprint density at radius 3 is 0.293 bits per heavy atom. The zero-order valence-electron chi connectivity index (χ0n) is 48.6. The number of hydrogen-bond acceptors (Lipinski definition) is 18. The number of carboxylic acids is 2. The van der Waals surface area contributed by atoms with Crippen LogP contribution in [0.2, 0.25) is 0 Å². The van der Waals surface area contributed by atoms with Crippen molar-refractivity contribution in [2.75, 3.05) is 0 Å². The molecule has 1 aromatic carbocycles. The molecule has 0 bridgehead atoms.